The Balaban J connectivity index is 2.88. The van der Waals surface area contributed by atoms with Gasteiger partial charge in [0.05, 0.1) is 12.8 Å². The van der Waals surface area contributed by atoms with Crippen molar-refractivity contribution in [3.63, 3.8) is 0 Å². The van der Waals surface area contributed by atoms with Crippen molar-refractivity contribution in [2.75, 3.05) is 32.1 Å². The number of rotatable bonds is 6. The minimum atomic E-state index is -0.174. The molecule has 0 heterocycles. The molecule has 1 rings (SSSR count). The topological polar surface area (TPSA) is 61.8 Å². The van der Waals surface area contributed by atoms with Gasteiger partial charge in [-0.15, -0.1) is 0 Å². The van der Waals surface area contributed by atoms with Crippen LogP contribution in [-0.2, 0) is 0 Å². The van der Waals surface area contributed by atoms with E-state index < -0.39 is 0 Å². The van der Waals surface area contributed by atoms with E-state index in [2.05, 4.69) is 26.1 Å². The number of hydrogen-bond acceptors (Lipinski definition) is 3. The minimum Gasteiger partial charge on any atom is -0.495 e. The maximum atomic E-state index is 12.6. The Hall–Kier alpha value is -1.75. The fourth-order valence-electron chi connectivity index (χ4n) is 2.20. The lowest BCUT2D eigenvalue weighted by molar-refractivity contribution is 0.176. The molecule has 124 valence electrons. The standard InChI is InChI=1S/C17H28N2O3/c1-13-7-8-15(22-5)14(11-13)18-16(21)19(9-6-10-20)12-17(2,3)4/h7-8,11,20H,6,9-10,12H2,1-5H3,(H,18,21). The Morgan fingerprint density at radius 2 is 2.05 bits per heavy atom. The predicted molar refractivity (Wildman–Crippen MR) is 89.5 cm³/mol. The number of aryl methyl sites for hydroxylation is 1. The number of aliphatic hydroxyl groups excluding tert-OH is 1. The molecule has 0 radical (unpaired) electrons. The number of nitrogens with one attached hydrogen (secondary N) is 1. The van der Waals surface area contributed by atoms with Crippen LogP contribution in [0, 0.1) is 12.3 Å². The molecule has 0 atom stereocenters. The number of amides is 2. The SMILES string of the molecule is COc1ccc(C)cc1NC(=O)N(CCCO)CC(C)(C)C. The molecule has 1 aromatic carbocycles. The van der Waals surface area contributed by atoms with Gasteiger partial charge in [0.1, 0.15) is 5.75 Å². The molecule has 0 spiro atoms. The zero-order chi connectivity index (χ0) is 16.8. The zero-order valence-electron chi connectivity index (χ0n) is 14.3. The lowest BCUT2D eigenvalue weighted by Crippen LogP contribution is -2.41. The number of urea groups is 1. The van der Waals surface area contributed by atoms with Gasteiger partial charge in [-0.25, -0.2) is 4.79 Å². The van der Waals surface area contributed by atoms with E-state index >= 15 is 0 Å². The Kier molecular flexibility index (Phi) is 6.68. The fraction of sp³-hybridized carbons (Fsp3) is 0.588. The molecule has 0 fully saturated rings. The summed E-state index contributed by atoms with van der Waals surface area (Å²) in [5, 5.41) is 11.9. The lowest BCUT2D eigenvalue weighted by atomic mass is 9.96. The molecule has 2 amide bonds. The molecule has 0 aliphatic carbocycles. The first-order valence-electron chi connectivity index (χ1n) is 7.58. The van der Waals surface area contributed by atoms with E-state index in [-0.39, 0.29) is 18.1 Å². The number of aliphatic hydroxyl groups is 1. The normalized spacial score (nSPS) is 11.2. The van der Waals surface area contributed by atoms with E-state index in [1.165, 1.54) is 0 Å². The predicted octanol–water partition coefficient (Wildman–Crippen LogP) is 3.27. The van der Waals surface area contributed by atoms with E-state index in [1.807, 2.05) is 25.1 Å². The van der Waals surface area contributed by atoms with Crippen LogP contribution in [0.5, 0.6) is 5.75 Å². The van der Waals surface area contributed by atoms with Gasteiger partial charge in [0.15, 0.2) is 0 Å². The number of hydrogen-bond donors (Lipinski definition) is 2. The smallest absolute Gasteiger partial charge is 0.321 e. The summed E-state index contributed by atoms with van der Waals surface area (Å²) < 4.78 is 5.29. The van der Waals surface area contributed by atoms with E-state index in [0.717, 1.165) is 5.56 Å². The maximum Gasteiger partial charge on any atom is 0.321 e. The Morgan fingerprint density at radius 1 is 1.36 bits per heavy atom. The highest BCUT2D eigenvalue weighted by Gasteiger charge is 2.21. The molecule has 22 heavy (non-hydrogen) atoms. The summed E-state index contributed by atoms with van der Waals surface area (Å²) in [6.07, 6.45) is 0.564. The fourth-order valence-corrected chi connectivity index (χ4v) is 2.20. The van der Waals surface area contributed by atoms with E-state index in [1.54, 1.807) is 12.0 Å². The van der Waals surface area contributed by atoms with Crippen LogP contribution >= 0.6 is 0 Å². The lowest BCUT2D eigenvalue weighted by Gasteiger charge is -2.30. The average Bonchev–Trinajstić information content (AvgIpc) is 2.42. The van der Waals surface area contributed by atoms with Crippen molar-refractivity contribution in [2.45, 2.75) is 34.1 Å². The first-order valence-corrected chi connectivity index (χ1v) is 7.58. The molecule has 0 unspecified atom stereocenters. The highest BCUT2D eigenvalue weighted by atomic mass is 16.5. The largest absolute Gasteiger partial charge is 0.495 e. The van der Waals surface area contributed by atoms with Crippen molar-refractivity contribution in [3.8, 4) is 5.75 Å². The number of methoxy groups -OCH3 is 1. The van der Waals surface area contributed by atoms with Crippen LogP contribution in [0.2, 0.25) is 0 Å². The van der Waals surface area contributed by atoms with Gasteiger partial charge in [-0.05, 0) is 36.5 Å². The number of nitrogens with zero attached hydrogens (tertiary/aromatic N) is 1. The van der Waals surface area contributed by atoms with Crippen LogP contribution in [0.15, 0.2) is 18.2 Å². The van der Waals surface area contributed by atoms with Crippen molar-refractivity contribution >= 4 is 11.7 Å². The summed E-state index contributed by atoms with van der Waals surface area (Å²) >= 11 is 0. The van der Waals surface area contributed by atoms with Crippen molar-refractivity contribution in [1.29, 1.82) is 0 Å². The van der Waals surface area contributed by atoms with Crippen molar-refractivity contribution in [1.82, 2.24) is 4.90 Å². The first kappa shape index (κ1) is 18.3. The highest BCUT2D eigenvalue weighted by molar-refractivity contribution is 5.91. The minimum absolute atomic E-state index is 0.0104. The number of carbonyl (C=O) groups excluding carboxylic acids is 1. The molecule has 1 aromatic rings. The molecular weight excluding hydrogens is 280 g/mol. The van der Waals surface area contributed by atoms with E-state index in [0.29, 0.717) is 30.9 Å². The van der Waals surface area contributed by atoms with Gasteiger partial charge >= 0.3 is 6.03 Å². The van der Waals surface area contributed by atoms with Crippen molar-refractivity contribution < 1.29 is 14.6 Å². The maximum absolute atomic E-state index is 12.6. The molecular formula is C17H28N2O3. The molecule has 2 N–H and O–H groups in total. The van der Waals surface area contributed by atoms with Crippen LogP contribution in [-0.4, -0.2) is 42.8 Å². The van der Waals surface area contributed by atoms with E-state index in [9.17, 15) is 4.79 Å². The molecule has 0 aliphatic rings. The Bertz CT molecular complexity index is 495. The Labute approximate surface area is 133 Å². The van der Waals surface area contributed by atoms with Gasteiger partial charge in [-0.2, -0.15) is 0 Å². The third-order valence-electron chi connectivity index (χ3n) is 3.14. The second kappa shape index (κ2) is 8.03. The second-order valence-electron chi connectivity index (χ2n) is 6.69. The third-order valence-corrected chi connectivity index (χ3v) is 3.14. The molecule has 0 saturated carbocycles. The number of carbonyl (C=O) groups is 1. The third kappa shape index (κ3) is 5.93. The Morgan fingerprint density at radius 3 is 2.59 bits per heavy atom. The molecule has 0 bridgehead atoms. The molecule has 0 aliphatic heterocycles. The molecule has 0 aromatic heterocycles. The van der Waals surface area contributed by atoms with Crippen molar-refractivity contribution in [3.05, 3.63) is 23.8 Å². The highest BCUT2D eigenvalue weighted by Crippen LogP contribution is 2.26. The number of ether oxygens (including phenoxy) is 1. The van der Waals surface area contributed by atoms with Crippen LogP contribution in [0.1, 0.15) is 32.8 Å². The van der Waals surface area contributed by atoms with Gasteiger partial charge in [0.2, 0.25) is 0 Å². The van der Waals surface area contributed by atoms with Crippen LogP contribution in [0.25, 0.3) is 0 Å². The molecule has 5 heteroatoms. The summed E-state index contributed by atoms with van der Waals surface area (Å²) in [7, 11) is 1.58. The summed E-state index contributed by atoms with van der Waals surface area (Å²) in [4.78, 5) is 14.3. The summed E-state index contributed by atoms with van der Waals surface area (Å²) in [5.74, 6) is 0.636. The first-order chi connectivity index (χ1) is 10.3. The molecule has 0 saturated heterocycles. The monoisotopic (exact) mass is 308 g/mol. The average molecular weight is 308 g/mol. The van der Waals surface area contributed by atoms with Gasteiger partial charge < -0.3 is 20.1 Å². The van der Waals surface area contributed by atoms with E-state index in [4.69, 9.17) is 9.84 Å². The van der Waals surface area contributed by atoms with Gasteiger partial charge in [0.25, 0.3) is 0 Å². The molecule has 5 nitrogen and oxygen atoms in total. The quantitative estimate of drug-likeness (QED) is 0.848. The van der Waals surface area contributed by atoms with Gasteiger partial charge in [-0.3, -0.25) is 0 Å². The zero-order valence-corrected chi connectivity index (χ0v) is 14.3. The second-order valence-corrected chi connectivity index (χ2v) is 6.69. The van der Waals surface area contributed by atoms with Crippen LogP contribution in [0.3, 0.4) is 0 Å². The number of anilines is 1. The summed E-state index contributed by atoms with van der Waals surface area (Å²) in [6, 6.07) is 5.49. The summed E-state index contributed by atoms with van der Waals surface area (Å²) in [5.41, 5.74) is 1.70. The number of benzene rings is 1. The van der Waals surface area contributed by atoms with Crippen molar-refractivity contribution in [2.24, 2.45) is 5.41 Å². The van der Waals surface area contributed by atoms with Crippen LogP contribution in [0.4, 0.5) is 10.5 Å². The van der Waals surface area contributed by atoms with Crippen LogP contribution < -0.4 is 10.1 Å². The van der Waals surface area contributed by atoms with Gasteiger partial charge in [0, 0.05) is 19.7 Å². The summed E-state index contributed by atoms with van der Waals surface area (Å²) in [6.45, 7) is 9.43. The van der Waals surface area contributed by atoms with Gasteiger partial charge in [-0.1, -0.05) is 26.8 Å².